The highest BCUT2D eigenvalue weighted by molar-refractivity contribution is 6.34. The number of carbonyl (C=O) groups excluding carboxylic acids is 2. The average Bonchev–Trinajstić information content (AvgIpc) is 2.62. The molecule has 7 nitrogen and oxygen atoms in total. The number of hydrogen-bond acceptors (Lipinski definition) is 5. The Morgan fingerprint density at radius 2 is 2.04 bits per heavy atom. The first-order chi connectivity index (χ1) is 12.4. The molecule has 8 heteroatoms. The summed E-state index contributed by atoms with van der Waals surface area (Å²) in [5.74, 6) is -0.362. The molecule has 0 heterocycles. The van der Waals surface area contributed by atoms with Crippen LogP contribution in [0.25, 0.3) is 0 Å². The molecule has 1 saturated carbocycles. The van der Waals surface area contributed by atoms with Gasteiger partial charge in [-0.15, -0.1) is 0 Å². The molecular weight excluding hydrogens is 360 g/mol. The van der Waals surface area contributed by atoms with Crippen LogP contribution in [0, 0.1) is 16.0 Å². The lowest BCUT2D eigenvalue weighted by Gasteiger charge is -2.21. The lowest BCUT2D eigenvalue weighted by molar-refractivity contribution is -0.384. The zero-order chi connectivity index (χ0) is 19.1. The van der Waals surface area contributed by atoms with E-state index in [1.807, 2.05) is 0 Å². The third-order valence-corrected chi connectivity index (χ3v) is 4.89. The fraction of sp³-hybridized carbons (Fsp3) is 0.556. The van der Waals surface area contributed by atoms with E-state index in [9.17, 15) is 19.7 Å². The zero-order valence-corrected chi connectivity index (χ0v) is 15.5. The molecule has 0 spiro atoms. The number of nitrogens with one attached hydrogen (secondary N) is 1. The number of rotatable bonds is 7. The second-order valence-corrected chi connectivity index (χ2v) is 6.99. The molecular formula is C18H23ClN2O5. The van der Waals surface area contributed by atoms with Crippen LogP contribution in [0.4, 0.5) is 11.4 Å². The summed E-state index contributed by atoms with van der Waals surface area (Å²) in [4.78, 5) is 34.2. The third-order valence-electron chi connectivity index (χ3n) is 4.58. The van der Waals surface area contributed by atoms with Gasteiger partial charge in [0.25, 0.3) is 11.6 Å². The van der Waals surface area contributed by atoms with Crippen molar-refractivity contribution in [1.29, 1.82) is 0 Å². The predicted octanol–water partition coefficient (Wildman–Crippen LogP) is 4.48. The number of esters is 1. The fourth-order valence-electron chi connectivity index (χ4n) is 3.06. The largest absolute Gasteiger partial charge is 0.453 e. The first kappa shape index (κ1) is 20.2. The van der Waals surface area contributed by atoms with E-state index in [0.29, 0.717) is 12.3 Å². The maximum absolute atomic E-state index is 12.1. The summed E-state index contributed by atoms with van der Waals surface area (Å²) in [6.07, 6.45) is 6.14. The van der Waals surface area contributed by atoms with Gasteiger partial charge in [0.1, 0.15) is 0 Å². The van der Waals surface area contributed by atoms with Crippen molar-refractivity contribution in [2.24, 2.45) is 5.92 Å². The highest BCUT2D eigenvalue weighted by atomic mass is 35.5. The average molecular weight is 383 g/mol. The molecule has 1 fully saturated rings. The number of non-ortho nitro benzene ring substituents is 1. The van der Waals surface area contributed by atoms with Crippen molar-refractivity contribution in [3.63, 3.8) is 0 Å². The second-order valence-electron chi connectivity index (χ2n) is 6.59. The number of halogens is 1. The van der Waals surface area contributed by atoms with Crippen LogP contribution in [-0.4, -0.2) is 22.9 Å². The van der Waals surface area contributed by atoms with E-state index in [1.165, 1.54) is 38.3 Å². The van der Waals surface area contributed by atoms with Crippen molar-refractivity contribution in [3.8, 4) is 0 Å². The topological polar surface area (TPSA) is 98.5 Å². The number of nitro groups is 1. The predicted molar refractivity (Wildman–Crippen MR) is 98.1 cm³/mol. The van der Waals surface area contributed by atoms with Crippen LogP contribution in [0.1, 0.15) is 51.9 Å². The van der Waals surface area contributed by atoms with Crippen molar-refractivity contribution < 1.29 is 19.2 Å². The van der Waals surface area contributed by atoms with Crippen LogP contribution in [0.15, 0.2) is 18.2 Å². The Morgan fingerprint density at radius 3 is 2.65 bits per heavy atom. The summed E-state index contributed by atoms with van der Waals surface area (Å²) in [6, 6.07) is 3.73. The molecule has 1 aliphatic carbocycles. The molecule has 2 rings (SSSR count). The van der Waals surface area contributed by atoms with Crippen molar-refractivity contribution in [1.82, 2.24) is 0 Å². The highest BCUT2D eigenvalue weighted by Gasteiger charge is 2.21. The molecule has 1 amide bonds. The van der Waals surface area contributed by atoms with Crippen LogP contribution in [0.5, 0.6) is 0 Å². The maximum Gasteiger partial charge on any atom is 0.306 e. The SMILES string of the molecule is CC(OC(=O)CCC1CCCCC1)C(=O)Nc1ccc([N+](=O)[O-])cc1Cl. The van der Waals surface area contributed by atoms with E-state index in [1.54, 1.807) is 0 Å². The number of nitro benzene ring substituents is 1. The van der Waals surface area contributed by atoms with E-state index in [4.69, 9.17) is 16.3 Å². The molecule has 0 saturated heterocycles. The van der Waals surface area contributed by atoms with Gasteiger partial charge >= 0.3 is 5.97 Å². The molecule has 0 aliphatic heterocycles. The van der Waals surface area contributed by atoms with Crippen molar-refractivity contribution >= 4 is 34.9 Å². The molecule has 26 heavy (non-hydrogen) atoms. The highest BCUT2D eigenvalue weighted by Crippen LogP contribution is 2.28. The van der Waals surface area contributed by atoms with E-state index >= 15 is 0 Å². The molecule has 1 aliphatic rings. The Hall–Kier alpha value is -2.15. The van der Waals surface area contributed by atoms with E-state index in [-0.39, 0.29) is 16.4 Å². The van der Waals surface area contributed by atoms with Crippen molar-refractivity contribution in [3.05, 3.63) is 33.3 Å². The molecule has 1 atom stereocenters. The smallest absolute Gasteiger partial charge is 0.306 e. The Morgan fingerprint density at radius 1 is 1.35 bits per heavy atom. The van der Waals surface area contributed by atoms with Gasteiger partial charge in [-0.05, 0) is 25.3 Å². The number of hydrogen-bond donors (Lipinski definition) is 1. The normalized spacial score (nSPS) is 15.9. The van der Waals surface area contributed by atoms with Crippen LogP contribution in [0.2, 0.25) is 5.02 Å². The Bertz CT molecular complexity index is 674. The molecule has 0 bridgehead atoms. The summed E-state index contributed by atoms with van der Waals surface area (Å²) in [7, 11) is 0. The number of amides is 1. The van der Waals surface area contributed by atoms with Gasteiger partial charge in [-0.1, -0.05) is 43.7 Å². The number of carbonyl (C=O) groups is 2. The number of anilines is 1. The van der Waals surface area contributed by atoms with E-state index < -0.39 is 22.9 Å². The second kappa shape index (κ2) is 9.52. The van der Waals surface area contributed by atoms with Crippen LogP contribution in [-0.2, 0) is 14.3 Å². The number of ether oxygens (including phenoxy) is 1. The molecule has 1 aromatic carbocycles. The summed E-state index contributed by atoms with van der Waals surface area (Å²) < 4.78 is 5.17. The maximum atomic E-state index is 12.1. The third kappa shape index (κ3) is 5.98. The Kier molecular flexibility index (Phi) is 7.38. The summed E-state index contributed by atoms with van der Waals surface area (Å²) in [5.41, 5.74) is 0.0579. The first-order valence-electron chi connectivity index (χ1n) is 8.81. The lowest BCUT2D eigenvalue weighted by atomic mass is 9.86. The van der Waals surface area contributed by atoms with Crippen molar-refractivity contribution in [2.75, 3.05) is 5.32 Å². The monoisotopic (exact) mass is 382 g/mol. The van der Waals surface area contributed by atoms with E-state index in [0.717, 1.165) is 25.3 Å². The van der Waals surface area contributed by atoms with E-state index in [2.05, 4.69) is 5.32 Å². The number of nitrogens with zero attached hydrogens (tertiary/aromatic N) is 1. The lowest BCUT2D eigenvalue weighted by Crippen LogP contribution is -2.30. The quantitative estimate of drug-likeness (QED) is 0.426. The van der Waals surface area contributed by atoms with Crippen molar-refractivity contribution in [2.45, 2.75) is 58.0 Å². The summed E-state index contributed by atoms with van der Waals surface area (Å²) in [5, 5.41) is 13.3. The van der Waals surface area contributed by atoms with Gasteiger partial charge in [-0.3, -0.25) is 19.7 Å². The standard InChI is InChI=1S/C18H23ClN2O5/c1-12(26-17(22)10-7-13-5-3-2-4-6-13)18(23)20-16-9-8-14(21(24)25)11-15(16)19/h8-9,11-13H,2-7,10H2,1H3,(H,20,23). The van der Waals surface area contributed by atoms with Gasteiger partial charge in [0, 0.05) is 18.6 Å². The van der Waals surface area contributed by atoms with Gasteiger partial charge in [0.05, 0.1) is 15.6 Å². The Labute approximate surface area is 157 Å². The summed E-state index contributed by atoms with van der Waals surface area (Å²) in [6.45, 7) is 1.48. The minimum absolute atomic E-state index is 0.0448. The summed E-state index contributed by atoms with van der Waals surface area (Å²) >= 11 is 5.94. The fourth-order valence-corrected chi connectivity index (χ4v) is 3.28. The van der Waals surface area contributed by atoms with Crippen LogP contribution in [0.3, 0.4) is 0 Å². The van der Waals surface area contributed by atoms with Crippen LogP contribution < -0.4 is 5.32 Å². The van der Waals surface area contributed by atoms with Gasteiger partial charge in [-0.2, -0.15) is 0 Å². The molecule has 142 valence electrons. The minimum atomic E-state index is -0.972. The molecule has 0 aromatic heterocycles. The molecule has 1 unspecified atom stereocenters. The van der Waals surface area contributed by atoms with Gasteiger partial charge in [0.2, 0.25) is 0 Å². The van der Waals surface area contributed by atoms with Gasteiger partial charge in [-0.25, -0.2) is 0 Å². The van der Waals surface area contributed by atoms with Crippen LogP contribution >= 0.6 is 11.6 Å². The van der Waals surface area contributed by atoms with Gasteiger partial charge in [0.15, 0.2) is 6.10 Å². The molecule has 1 N–H and O–H groups in total. The first-order valence-corrected chi connectivity index (χ1v) is 9.19. The van der Waals surface area contributed by atoms with Gasteiger partial charge < -0.3 is 10.1 Å². The Balaban J connectivity index is 1.81. The molecule has 0 radical (unpaired) electrons. The number of benzene rings is 1. The zero-order valence-electron chi connectivity index (χ0n) is 14.7. The minimum Gasteiger partial charge on any atom is -0.453 e. The molecule has 1 aromatic rings.